The van der Waals surface area contributed by atoms with Crippen LogP contribution in [0.4, 0.5) is 0 Å². The molecule has 0 aromatic heterocycles. The number of ketones is 6. The minimum Gasteiger partial charge on any atom is -0.460 e. The van der Waals surface area contributed by atoms with E-state index in [2.05, 4.69) is 0 Å². The number of aliphatic hydroxyl groups excluding tert-OH is 3. The summed E-state index contributed by atoms with van der Waals surface area (Å²) in [7, 11) is 6.77. The first-order valence-corrected chi connectivity index (χ1v) is 54.5. The minimum atomic E-state index is -2.44. The third kappa shape index (κ3) is 35.7. The number of amides is 2. The summed E-state index contributed by atoms with van der Waals surface area (Å²) in [5.41, 5.74) is 2.53. The van der Waals surface area contributed by atoms with E-state index in [1.54, 1.807) is 95.5 Å². The molecule has 0 aromatic rings. The molecule has 32 atom stereocenters. The molecule has 0 radical (unpaired) electrons. The summed E-state index contributed by atoms with van der Waals surface area (Å²) >= 11 is 0. The van der Waals surface area contributed by atoms with Gasteiger partial charge in [0.05, 0.1) is 48.8 Å². The van der Waals surface area contributed by atoms with Crippen LogP contribution in [-0.4, -0.2) is 284 Å². The summed E-state index contributed by atoms with van der Waals surface area (Å²) in [5, 5.41) is 57.3. The number of fused-ring (bicyclic) bond motifs is 6. The van der Waals surface area contributed by atoms with Gasteiger partial charge in [-0.25, -0.2) is 9.59 Å². The van der Waals surface area contributed by atoms with Gasteiger partial charge >= 0.3 is 27.5 Å². The normalized spacial score (nSPS) is 37.4. The maximum Gasteiger partial charge on any atom is 0.363 e. The van der Waals surface area contributed by atoms with E-state index in [-0.39, 0.29) is 122 Å². The lowest BCUT2D eigenvalue weighted by atomic mass is 9.78. The molecule has 139 heavy (non-hydrogen) atoms. The summed E-state index contributed by atoms with van der Waals surface area (Å²) in [6.45, 7) is 30.8. The lowest BCUT2D eigenvalue weighted by Crippen LogP contribution is -2.61. The fourth-order valence-corrected chi connectivity index (χ4v) is 21.0. The van der Waals surface area contributed by atoms with Crippen LogP contribution < -0.4 is 0 Å². The van der Waals surface area contributed by atoms with Gasteiger partial charge in [0.1, 0.15) is 79.8 Å². The first kappa shape index (κ1) is 121. The Bertz CT molecular complexity index is 4310. The third-order valence-corrected chi connectivity index (χ3v) is 31.3. The van der Waals surface area contributed by atoms with Crippen LogP contribution in [0.25, 0.3) is 0 Å². The molecule has 0 aromatic carbocycles. The maximum absolute atomic E-state index is 14.5. The van der Waals surface area contributed by atoms with Crippen LogP contribution in [0.5, 0.6) is 0 Å². The van der Waals surface area contributed by atoms with Crippen LogP contribution in [0.2, 0.25) is 0 Å². The minimum absolute atomic E-state index is 0.0133. The zero-order valence-electron chi connectivity index (χ0n) is 87.3. The van der Waals surface area contributed by atoms with Crippen molar-refractivity contribution in [1.29, 1.82) is 0 Å². The molecule has 6 aliphatic heterocycles. The number of piperidine rings is 2. The highest BCUT2D eigenvalue weighted by Gasteiger charge is 2.56. The Hall–Kier alpha value is -6.54. The number of esters is 2. The number of carbonyl (C=O) groups excluding carboxylic acids is 10. The number of methoxy groups -OCH3 is 6. The van der Waals surface area contributed by atoms with Crippen LogP contribution in [0.15, 0.2) is 95.2 Å². The Morgan fingerprint density at radius 1 is 0.453 bits per heavy atom. The van der Waals surface area contributed by atoms with Gasteiger partial charge in [-0.05, 0) is 221 Å². The topological polar surface area (TPSA) is 414 Å². The van der Waals surface area contributed by atoms with Gasteiger partial charge in [-0.2, -0.15) is 0 Å². The third-order valence-electron chi connectivity index (χ3n) is 29.8. The van der Waals surface area contributed by atoms with Crippen LogP contribution >= 0.6 is 15.6 Å². The molecule has 6 heterocycles. The van der Waals surface area contributed by atoms with E-state index < -0.39 is 177 Å². The van der Waals surface area contributed by atoms with Crippen molar-refractivity contribution in [2.24, 2.45) is 71.0 Å². The van der Waals surface area contributed by atoms with Gasteiger partial charge in [-0.3, -0.25) is 38.4 Å². The number of hydrogen-bond donors (Lipinski definition) is 5. The number of carbonyl (C=O) groups is 10. The summed E-state index contributed by atoms with van der Waals surface area (Å²) in [5.74, 6) is -16.0. The highest BCUT2D eigenvalue weighted by atomic mass is 31.1. The van der Waals surface area contributed by atoms with Crippen molar-refractivity contribution in [1.82, 2.24) is 9.80 Å². The van der Waals surface area contributed by atoms with Crippen molar-refractivity contribution in [2.75, 3.05) is 81.6 Å². The predicted octanol–water partition coefficient (Wildman–Crippen LogP) is 15.3. The highest BCUT2D eigenvalue weighted by molar-refractivity contribution is 7.43. The Labute approximate surface area is 829 Å². The van der Waals surface area contributed by atoms with E-state index in [1.807, 2.05) is 123 Å². The number of aliphatic hydroxyl groups is 5. The fraction of sp³-hybridized carbons (Fsp3) is 0.757. The first-order chi connectivity index (χ1) is 65.7. The second kappa shape index (κ2) is 59.2. The van der Waals surface area contributed by atoms with Crippen LogP contribution in [0.1, 0.15) is 258 Å². The van der Waals surface area contributed by atoms with Gasteiger partial charge in [0, 0.05) is 117 Å². The van der Waals surface area contributed by atoms with Gasteiger partial charge in [0.2, 0.25) is 17.9 Å². The predicted molar refractivity (Wildman–Crippen MR) is 532 cm³/mol. The summed E-state index contributed by atoms with van der Waals surface area (Å²) in [4.78, 5) is 144. The molecule has 8 unspecified atom stereocenters. The zero-order valence-corrected chi connectivity index (χ0v) is 89.1. The average molecular weight is 1990 g/mol. The molecule has 4 bridgehead atoms. The number of nitrogens with zero attached hydrogens (tertiary/aromatic N) is 2. The molecular formula is C107H170N2O28P2+2. The number of ether oxygens (including phenoxy) is 11. The lowest BCUT2D eigenvalue weighted by Gasteiger charge is -2.42. The molecule has 5 N–H and O–H groups in total. The summed E-state index contributed by atoms with van der Waals surface area (Å²) in [6.07, 6.45) is 23.9. The molecular weight excluding hydrogens is 1820 g/mol. The van der Waals surface area contributed by atoms with Gasteiger partial charge in [0.15, 0.2) is 11.6 Å². The Balaban J connectivity index is 0.000000407. The van der Waals surface area contributed by atoms with Crippen LogP contribution in [-0.2, 0) is 109 Å². The summed E-state index contributed by atoms with van der Waals surface area (Å²) in [6, 6.07) is -2.29. The van der Waals surface area contributed by atoms with E-state index >= 15 is 0 Å². The SMILES string of the molecule is CC[P+](C)=O.CO[C@H]1CC2CC[C@@H](C)[C@@](O)(O2)C(=O)C(=O)N2CCCCC2C(=O)O[C@H]([C@H](C)C[C@@H]2CCC(O)[C@H](OC)C2)CC(=O)[C@H](C)/C=C(\C)[C@@H](O)[C@@H](OC)C(=O)[C@H](C)C[C@H](C)/C=C/C=CC=C1C.CO[C@H]1CC2CC[C@@H](C)[C@@](O)(O2)C(=O)C(=O)N2CCCCC2C(=O)O[C@H]([C@H](C)C[C@@H]2CCC(OC[P+](C)=O)[C@H](OC)C2)CC(=O)[C@H](C)/C=C(\C)[C@@H](O)[C@@H](OC)C(=O)[C@H](C)C[C@H](C)/C=C/C=CC=C1C. The molecule has 6 fully saturated rings. The Morgan fingerprint density at radius 2 is 0.842 bits per heavy atom. The Kier molecular flexibility index (Phi) is 51.6. The first-order valence-electron chi connectivity index (χ1n) is 50.7. The zero-order chi connectivity index (χ0) is 104. The second-order valence-corrected chi connectivity index (χ2v) is 44.4. The lowest BCUT2D eigenvalue weighted by molar-refractivity contribution is -0.265. The van der Waals surface area contributed by atoms with E-state index in [9.17, 15) is 82.6 Å². The second-order valence-electron chi connectivity index (χ2n) is 41.0. The largest absolute Gasteiger partial charge is 0.460 e. The van der Waals surface area contributed by atoms with E-state index in [0.717, 1.165) is 30.1 Å². The molecule has 32 heteroatoms. The van der Waals surface area contributed by atoms with Gasteiger partial charge in [-0.15, -0.1) is 0 Å². The van der Waals surface area contributed by atoms with Crippen LogP contribution in [0.3, 0.4) is 0 Å². The van der Waals surface area contributed by atoms with Gasteiger partial charge in [-0.1, -0.05) is 151 Å². The molecule has 2 aliphatic carbocycles. The van der Waals surface area contributed by atoms with Crippen molar-refractivity contribution >= 4 is 74.1 Å². The highest BCUT2D eigenvalue weighted by Crippen LogP contribution is 2.43. The van der Waals surface area contributed by atoms with E-state index in [1.165, 1.54) is 24.0 Å². The molecule has 2 amide bonds. The van der Waals surface area contributed by atoms with E-state index in [0.29, 0.717) is 127 Å². The molecule has 4 saturated heterocycles. The summed E-state index contributed by atoms with van der Waals surface area (Å²) < 4.78 is 86.8. The average Bonchev–Trinajstić information content (AvgIpc) is 0.776. The monoisotopic (exact) mass is 1990 g/mol. The molecule has 8 aliphatic rings. The maximum atomic E-state index is 14.5. The van der Waals surface area contributed by atoms with Crippen molar-refractivity contribution in [3.8, 4) is 0 Å². The van der Waals surface area contributed by atoms with E-state index in [4.69, 9.17) is 52.1 Å². The van der Waals surface area contributed by atoms with Crippen LogP contribution in [0, 0.1) is 71.0 Å². The number of rotatable bonds is 16. The van der Waals surface area contributed by atoms with Gasteiger partial charge in [0.25, 0.3) is 23.4 Å². The van der Waals surface area contributed by atoms with Gasteiger partial charge < -0.3 is 87.4 Å². The number of Topliss-reactive ketones (excluding diaryl/α,β-unsaturated/α-hetero) is 6. The standard InChI is InChI=1S/C53H83NO14P.C51H79NO13.C3H8OP/c1-32-17-13-12-14-18-33(2)44(63-8)29-40-22-20-38(7)53(61,68-40)50(58)51(59)54-24-16-15-19-41(54)52(60)67-45(35(4)27-39-21-23-43(46(28-39)64-9)66-31-69(11)62)30-42(55)34(3)26-37(6)48(57)49(65-10)47(56)36(5)25-32;1-30-16-12-11-13-17-31(2)42(61-8)28-38-21-19-36(7)51(60,65-38)48(57)49(58)52-23-15-14-18-39(52)50(59)64-43(33(4)26-37-20-22-40(53)44(27-37)62-9)29-41(54)32(3)25-35(6)46(56)47(63-10)45(55)34(5)24-30;1-3-5(2)4/h12-14,17-18,26,32,34-36,38-41,43-46,48-49,57,61H,15-16,19-25,27-31H2,1-11H3;11-13,16-17,25,30,32-34,36-40,42-44,46-47,53,56,60H,14-15,18-24,26-29H2,1-10H3;3H2,1-2H3/q+1;;+1/b14-12?,17-13+,33-18?,37-26+;13-11?,16-12+,31-17?,35-25+;/t32-,34-,35-,36-,38-,39+,40?,41?,43?,44+,45+,46-,48-,49+,53-;30-,32-,33-,34-,36-,37+,38?,39?,40?,42+,43+,44-,46-,47+,51-;/m11./s1. The quantitative estimate of drug-likeness (QED) is 0.0415. The van der Waals surface area contributed by atoms with Crippen molar-refractivity contribution in [3.05, 3.63) is 95.2 Å². The fourth-order valence-electron chi connectivity index (χ4n) is 20.6. The smallest absolute Gasteiger partial charge is 0.363 e. The Morgan fingerprint density at radius 3 is 1.21 bits per heavy atom. The van der Waals surface area contributed by atoms with Crippen molar-refractivity contribution < 1.29 is 135 Å². The molecule has 8 rings (SSSR count). The number of hydrogen-bond acceptors (Lipinski definition) is 28. The molecule has 784 valence electrons. The van der Waals surface area contributed by atoms with Crippen molar-refractivity contribution in [2.45, 2.75) is 367 Å². The number of allylic oxidation sites excluding steroid dienone is 12. The molecule has 0 spiro atoms. The molecule has 30 nitrogen and oxygen atoms in total. The molecule has 2 saturated carbocycles. The van der Waals surface area contributed by atoms with Crippen molar-refractivity contribution in [3.63, 3.8) is 0 Å². The number of cyclic esters (lactones) is 2.